The number of alkyl halides is 3. The van der Waals surface area contributed by atoms with E-state index in [0.717, 1.165) is 21.1 Å². The van der Waals surface area contributed by atoms with Crippen LogP contribution in [-0.2, 0) is 15.0 Å². The van der Waals surface area contributed by atoms with Gasteiger partial charge in [-0.15, -0.1) is 0 Å². The van der Waals surface area contributed by atoms with Gasteiger partial charge in [0.05, 0.1) is 22.7 Å². The zero-order valence-electron chi connectivity index (χ0n) is 15.6. The summed E-state index contributed by atoms with van der Waals surface area (Å²) in [4.78, 5) is 37.2. The molecule has 1 aliphatic rings. The third-order valence-corrected chi connectivity index (χ3v) is 5.90. The minimum Gasteiger partial charge on any atom is -0.314 e. The van der Waals surface area contributed by atoms with Gasteiger partial charge in [0.25, 0.3) is 5.91 Å². The van der Waals surface area contributed by atoms with E-state index >= 15 is 0 Å². The first-order chi connectivity index (χ1) is 13.6. The predicted molar refractivity (Wildman–Crippen MR) is 96.6 cm³/mol. The summed E-state index contributed by atoms with van der Waals surface area (Å²) in [5.41, 5.74) is -1.48. The van der Waals surface area contributed by atoms with Crippen molar-refractivity contribution in [2.75, 3.05) is 26.0 Å². The molecule has 0 aromatic heterocycles. The largest absolute Gasteiger partial charge is 0.409 e. The van der Waals surface area contributed by atoms with Gasteiger partial charge in [-0.25, -0.2) is 18.8 Å². The van der Waals surface area contributed by atoms with Crippen LogP contribution >= 0.6 is 11.6 Å². The first kappa shape index (κ1) is 23.8. The van der Waals surface area contributed by atoms with E-state index in [2.05, 4.69) is 0 Å². The summed E-state index contributed by atoms with van der Waals surface area (Å²) in [6.45, 7) is 0. The van der Waals surface area contributed by atoms with Crippen molar-refractivity contribution in [1.82, 2.24) is 13.9 Å². The highest BCUT2D eigenvalue weighted by atomic mass is 35.5. The Balaban J connectivity index is 2.48. The molecule has 0 bridgehead atoms. The summed E-state index contributed by atoms with van der Waals surface area (Å²) in [7, 11) is -1.25. The highest BCUT2D eigenvalue weighted by Crippen LogP contribution is 2.35. The average Bonchev–Trinajstić information content (AvgIpc) is 2.58. The standard InChI is InChI=1S/C15H15ClF4N4O5S/c1-22(2)30(28,29)21-13(26)7-4-10(9(17)5-8(7)16)24-12(25)6-11(15(18,19)20)23(3)14(24)27/h4-5,11H,6H2,1-3H3,(H,21,26). The lowest BCUT2D eigenvalue weighted by molar-refractivity contribution is -0.179. The van der Waals surface area contributed by atoms with E-state index in [9.17, 15) is 40.4 Å². The monoisotopic (exact) mass is 474 g/mol. The second-order valence-electron chi connectivity index (χ2n) is 6.39. The van der Waals surface area contributed by atoms with Crippen LogP contribution in [0, 0.1) is 5.82 Å². The van der Waals surface area contributed by atoms with E-state index < -0.39 is 68.8 Å². The average molecular weight is 475 g/mol. The molecule has 1 fully saturated rings. The van der Waals surface area contributed by atoms with Crippen molar-refractivity contribution in [2.45, 2.75) is 18.6 Å². The van der Waals surface area contributed by atoms with Crippen molar-refractivity contribution in [3.63, 3.8) is 0 Å². The Morgan fingerprint density at radius 3 is 2.33 bits per heavy atom. The summed E-state index contributed by atoms with van der Waals surface area (Å²) < 4.78 is 79.4. The number of imide groups is 1. The lowest BCUT2D eigenvalue weighted by atomic mass is 10.1. The molecule has 9 nitrogen and oxygen atoms in total. The molecular formula is C15H15ClF4N4O5S. The zero-order chi connectivity index (χ0) is 23.2. The molecule has 15 heteroatoms. The van der Waals surface area contributed by atoms with Crippen molar-refractivity contribution in [1.29, 1.82) is 0 Å². The molecule has 1 aromatic rings. The van der Waals surface area contributed by atoms with Crippen molar-refractivity contribution in [2.24, 2.45) is 0 Å². The molecular weight excluding hydrogens is 460 g/mol. The van der Waals surface area contributed by atoms with Gasteiger partial charge in [0.2, 0.25) is 5.91 Å². The SMILES string of the molecule is CN1C(=O)N(c2cc(C(=O)NS(=O)(=O)N(C)C)c(Cl)cc2F)C(=O)CC1C(F)(F)F. The highest BCUT2D eigenvalue weighted by Gasteiger charge is 2.51. The maximum atomic E-state index is 14.4. The Hall–Kier alpha value is -2.45. The molecule has 1 unspecified atom stereocenters. The molecule has 4 amide bonds. The van der Waals surface area contributed by atoms with Gasteiger partial charge in [-0.2, -0.15) is 25.9 Å². The van der Waals surface area contributed by atoms with E-state index in [4.69, 9.17) is 11.6 Å². The van der Waals surface area contributed by atoms with Crippen LogP contribution in [0.3, 0.4) is 0 Å². The Bertz CT molecular complexity index is 1020. The van der Waals surface area contributed by atoms with E-state index in [0.29, 0.717) is 16.4 Å². The molecule has 1 heterocycles. The highest BCUT2D eigenvalue weighted by molar-refractivity contribution is 7.87. The number of carbonyl (C=O) groups excluding carboxylic acids is 3. The van der Waals surface area contributed by atoms with Gasteiger partial charge < -0.3 is 4.90 Å². The summed E-state index contributed by atoms with van der Waals surface area (Å²) >= 11 is 5.77. The Morgan fingerprint density at radius 2 is 1.83 bits per heavy atom. The number of anilines is 1. The number of hydrogen-bond donors (Lipinski definition) is 1. The van der Waals surface area contributed by atoms with Gasteiger partial charge in [-0.05, 0) is 12.1 Å². The molecule has 2 rings (SSSR count). The number of amides is 4. The minimum absolute atomic E-state index is 0.130. The molecule has 0 saturated carbocycles. The first-order valence-corrected chi connectivity index (χ1v) is 9.79. The van der Waals surface area contributed by atoms with E-state index in [1.54, 1.807) is 4.72 Å². The van der Waals surface area contributed by atoms with Crippen molar-refractivity contribution < 1.29 is 40.4 Å². The zero-order valence-corrected chi connectivity index (χ0v) is 17.2. The van der Waals surface area contributed by atoms with Gasteiger partial charge in [0, 0.05) is 21.1 Å². The van der Waals surface area contributed by atoms with E-state index in [-0.39, 0.29) is 9.80 Å². The van der Waals surface area contributed by atoms with E-state index in [1.807, 2.05) is 0 Å². The van der Waals surface area contributed by atoms with Crippen molar-refractivity contribution in [3.05, 3.63) is 28.5 Å². The van der Waals surface area contributed by atoms with Crippen LogP contribution in [-0.4, -0.2) is 68.8 Å². The Morgan fingerprint density at radius 1 is 1.27 bits per heavy atom. The summed E-state index contributed by atoms with van der Waals surface area (Å²) in [5.74, 6) is -3.96. The molecule has 1 aromatic carbocycles. The van der Waals surface area contributed by atoms with Crippen LogP contribution < -0.4 is 9.62 Å². The molecule has 0 spiro atoms. The number of carbonyl (C=O) groups is 3. The van der Waals surface area contributed by atoms with Crippen molar-refractivity contribution in [3.8, 4) is 0 Å². The smallest absolute Gasteiger partial charge is 0.314 e. The minimum atomic E-state index is -4.89. The fourth-order valence-corrected chi connectivity index (χ4v) is 3.27. The number of halogens is 5. The van der Waals surface area contributed by atoms with Gasteiger partial charge in [-0.3, -0.25) is 9.59 Å². The van der Waals surface area contributed by atoms with Gasteiger partial charge in [-0.1, -0.05) is 11.6 Å². The number of hydrogen-bond acceptors (Lipinski definition) is 5. The second kappa shape index (κ2) is 8.00. The number of nitrogens with one attached hydrogen (secondary N) is 1. The molecule has 166 valence electrons. The summed E-state index contributed by atoms with van der Waals surface area (Å²) in [5, 5.41) is -0.555. The van der Waals surface area contributed by atoms with Crippen LogP contribution in [0.15, 0.2) is 12.1 Å². The van der Waals surface area contributed by atoms with E-state index in [1.165, 1.54) is 0 Å². The van der Waals surface area contributed by atoms with Crippen LogP contribution in [0.1, 0.15) is 16.8 Å². The normalized spacial score (nSPS) is 18.2. The number of nitrogens with zero attached hydrogens (tertiary/aromatic N) is 3. The molecule has 1 N–H and O–H groups in total. The fourth-order valence-electron chi connectivity index (χ4n) is 2.51. The number of benzene rings is 1. The molecule has 1 aliphatic heterocycles. The van der Waals surface area contributed by atoms with Crippen LogP contribution in [0.25, 0.3) is 0 Å². The summed E-state index contributed by atoms with van der Waals surface area (Å²) in [6, 6.07) is -2.75. The topological polar surface area (TPSA) is 107 Å². The quantitative estimate of drug-likeness (QED) is 0.669. The van der Waals surface area contributed by atoms with Crippen LogP contribution in [0.5, 0.6) is 0 Å². The molecule has 30 heavy (non-hydrogen) atoms. The van der Waals surface area contributed by atoms with Crippen molar-refractivity contribution >= 4 is 45.3 Å². The number of urea groups is 1. The molecule has 0 aliphatic carbocycles. The summed E-state index contributed by atoms with van der Waals surface area (Å²) in [6.07, 6.45) is -6.07. The third-order valence-electron chi connectivity index (χ3n) is 4.18. The predicted octanol–water partition coefficient (Wildman–Crippen LogP) is 1.73. The Labute approximate surface area is 173 Å². The number of rotatable bonds is 4. The van der Waals surface area contributed by atoms with Gasteiger partial charge in [0.15, 0.2) is 0 Å². The fraction of sp³-hybridized carbons (Fsp3) is 0.400. The maximum absolute atomic E-state index is 14.4. The third kappa shape index (κ3) is 4.49. The first-order valence-electron chi connectivity index (χ1n) is 7.98. The van der Waals surface area contributed by atoms with Gasteiger partial charge >= 0.3 is 22.4 Å². The molecule has 1 saturated heterocycles. The van der Waals surface area contributed by atoms with Crippen LogP contribution in [0.2, 0.25) is 5.02 Å². The Kier molecular flexibility index (Phi) is 6.35. The second-order valence-corrected chi connectivity index (χ2v) is 8.68. The van der Waals surface area contributed by atoms with Crippen LogP contribution in [0.4, 0.5) is 28.0 Å². The lowest BCUT2D eigenvalue weighted by Gasteiger charge is -2.38. The molecule has 1 atom stereocenters. The maximum Gasteiger partial charge on any atom is 0.409 e. The lowest BCUT2D eigenvalue weighted by Crippen LogP contribution is -2.60. The molecule has 0 radical (unpaired) electrons. The van der Waals surface area contributed by atoms with Gasteiger partial charge in [0.1, 0.15) is 11.9 Å².